The van der Waals surface area contributed by atoms with Crippen molar-refractivity contribution in [2.45, 2.75) is 24.5 Å². The third-order valence-corrected chi connectivity index (χ3v) is 2.94. The summed E-state index contributed by atoms with van der Waals surface area (Å²) in [6, 6.07) is 5.88. The van der Waals surface area contributed by atoms with Gasteiger partial charge < -0.3 is 25.4 Å². The lowest BCUT2D eigenvalue weighted by Gasteiger charge is -2.17. The summed E-state index contributed by atoms with van der Waals surface area (Å²) in [6.07, 6.45) is -4.47. The van der Waals surface area contributed by atoms with Crippen molar-refractivity contribution in [3.05, 3.63) is 34.4 Å². The highest BCUT2D eigenvalue weighted by Gasteiger charge is 2.42. The molecule has 0 unspecified atom stereocenters. The molecule has 104 valence electrons. The molecule has 0 amide bonds. The zero-order chi connectivity index (χ0) is 14.0. The summed E-state index contributed by atoms with van der Waals surface area (Å²) >= 11 is 0. The molecule has 0 aliphatic carbocycles. The van der Waals surface area contributed by atoms with Crippen molar-refractivity contribution in [1.29, 1.82) is 0 Å². The Labute approximate surface area is 108 Å². The summed E-state index contributed by atoms with van der Waals surface area (Å²) in [4.78, 5) is 10.3. The summed E-state index contributed by atoms with van der Waals surface area (Å²) in [7, 11) is 0. The van der Waals surface area contributed by atoms with Gasteiger partial charge in [-0.05, 0) is 6.07 Å². The molecule has 0 spiro atoms. The highest BCUT2D eigenvalue weighted by molar-refractivity contribution is 5.61. The van der Waals surface area contributed by atoms with Crippen LogP contribution in [0.25, 0.3) is 0 Å². The Balaban J connectivity index is 2.16. The summed E-state index contributed by atoms with van der Waals surface area (Å²) in [5.41, 5.74) is 0.00239. The van der Waals surface area contributed by atoms with Gasteiger partial charge in [0.25, 0.3) is 5.69 Å². The number of nitrogens with one attached hydrogen (secondary N) is 1. The van der Waals surface area contributed by atoms with E-state index in [9.17, 15) is 20.3 Å². The van der Waals surface area contributed by atoms with Gasteiger partial charge in [-0.2, -0.15) is 0 Å². The van der Waals surface area contributed by atoms with E-state index >= 15 is 0 Å². The van der Waals surface area contributed by atoms with E-state index < -0.39 is 36.1 Å². The van der Waals surface area contributed by atoms with Crippen molar-refractivity contribution in [3.63, 3.8) is 0 Å². The van der Waals surface area contributed by atoms with Gasteiger partial charge in [0.05, 0.1) is 11.5 Å². The molecule has 1 aromatic rings. The van der Waals surface area contributed by atoms with Crippen molar-refractivity contribution in [1.82, 2.24) is 0 Å². The molecule has 0 radical (unpaired) electrons. The SMILES string of the molecule is O=[N+]([O-])c1ccccc1N[C@@H]1O[C@@H](CO)[C@@H](O)[C@@H]1O. The van der Waals surface area contributed by atoms with Crippen LogP contribution in [0.15, 0.2) is 24.3 Å². The quantitative estimate of drug-likeness (QED) is 0.427. The van der Waals surface area contributed by atoms with Crippen LogP contribution in [0, 0.1) is 10.1 Å². The third kappa shape index (κ3) is 2.66. The van der Waals surface area contributed by atoms with Crippen molar-refractivity contribution < 1.29 is 25.0 Å². The van der Waals surface area contributed by atoms with Crippen molar-refractivity contribution in [2.75, 3.05) is 11.9 Å². The molecule has 8 nitrogen and oxygen atoms in total. The normalized spacial score (nSPS) is 30.3. The number of benzene rings is 1. The molecule has 19 heavy (non-hydrogen) atoms. The molecule has 0 aromatic heterocycles. The van der Waals surface area contributed by atoms with E-state index in [4.69, 9.17) is 9.84 Å². The number of anilines is 1. The number of aliphatic hydroxyl groups excluding tert-OH is 3. The topological polar surface area (TPSA) is 125 Å². The lowest BCUT2D eigenvalue weighted by atomic mass is 10.1. The molecular formula is C11H14N2O6. The van der Waals surface area contributed by atoms with Crippen LogP contribution in [0.1, 0.15) is 0 Å². The zero-order valence-electron chi connectivity index (χ0n) is 9.84. The highest BCUT2D eigenvalue weighted by atomic mass is 16.6. The molecule has 1 saturated heterocycles. The number of nitro benzene ring substituents is 1. The first-order chi connectivity index (χ1) is 9.04. The van der Waals surface area contributed by atoms with Gasteiger partial charge in [0, 0.05) is 6.07 Å². The standard InChI is InChI=1S/C11H14N2O6/c14-5-8-9(15)10(16)11(19-8)12-6-3-1-2-4-7(6)13(17)18/h1-4,8-12,14-16H,5H2/t8-,9+,10-,11+/m0/s1. The van der Waals surface area contributed by atoms with Crippen molar-refractivity contribution in [3.8, 4) is 0 Å². The van der Waals surface area contributed by atoms with Crippen LogP contribution in [0.3, 0.4) is 0 Å². The molecule has 4 atom stereocenters. The Bertz CT molecular complexity index is 468. The van der Waals surface area contributed by atoms with Gasteiger partial charge in [0.15, 0.2) is 6.23 Å². The first-order valence-corrected chi connectivity index (χ1v) is 5.67. The van der Waals surface area contributed by atoms with E-state index in [0.29, 0.717) is 0 Å². The molecule has 8 heteroatoms. The van der Waals surface area contributed by atoms with Crippen LogP contribution in [-0.4, -0.2) is 51.4 Å². The van der Waals surface area contributed by atoms with E-state index in [1.165, 1.54) is 18.2 Å². The average Bonchev–Trinajstić information content (AvgIpc) is 2.67. The molecule has 1 aliphatic heterocycles. The molecule has 2 rings (SSSR count). The summed E-state index contributed by atoms with van der Waals surface area (Å²) in [5, 5.41) is 41.7. The van der Waals surface area contributed by atoms with E-state index in [2.05, 4.69) is 5.32 Å². The second kappa shape index (κ2) is 5.49. The molecular weight excluding hydrogens is 256 g/mol. The molecule has 1 aromatic carbocycles. The number of nitro groups is 1. The third-order valence-electron chi connectivity index (χ3n) is 2.94. The minimum absolute atomic E-state index is 0.166. The number of rotatable bonds is 4. The smallest absolute Gasteiger partial charge is 0.292 e. The van der Waals surface area contributed by atoms with E-state index in [1.54, 1.807) is 6.07 Å². The van der Waals surface area contributed by atoms with Gasteiger partial charge in [-0.25, -0.2) is 0 Å². The molecule has 1 fully saturated rings. The first-order valence-electron chi connectivity index (χ1n) is 5.67. The zero-order valence-corrected chi connectivity index (χ0v) is 9.84. The molecule has 1 aliphatic rings. The highest BCUT2D eigenvalue weighted by Crippen LogP contribution is 2.28. The second-order valence-electron chi connectivity index (χ2n) is 4.18. The molecule has 4 N–H and O–H groups in total. The Morgan fingerprint density at radius 1 is 1.32 bits per heavy atom. The van der Waals surface area contributed by atoms with E-state index in [0.717, 1.165) is 0 Å². The van der Waals surface area contributed by atoms with Gasteiger partial charge >= 0.3 is 0 Å². The summed E-state index contributed by atoms with van der Waals surface area (Å²) < 4.78 is 5.19. The lowest BCUT2D eigenvalue weighted by molar-refractivity contribution is -0.384. The molecule has 1 heterocycles. The second-order valence-corrected chi connectivity index (χ2v) is 4.18. The summed E-state index contributed by atoms with van der Waals surface area (Å²) in [6.45, 7) is -0.451. The van der Waals surface area contributed by atoms with Gasteiger partial charge in [-0.3, -0.25) is 10.1 Å². The van der Waals surface area contributed by atoms with E-state index in [1.807, 2.05) is 0 Å². The average molecular weight is 270 g/mol. The number of aliphatic hydroxyl groups is 3. The predicted octanol–water partition coefficient (Wildman–Crippen LogP) is -0.554. The number of para-hydroxylation sites is 2. The van der Waals surface area contributed by atoms with Crippen LogP contribution >= 0.6 is 0 Å². The fourth-order valence-electron chi connectivity index (χ4n) is 1.93. The van der Waals surface area contributed by atoms with Crippen LogP contribution in [-0.2, 0) is 4.74 Å². The minimum Gasteiger partial charge on any atom is -0.394 e. The Morgan fingerprint density at radius 3 is 2.58 bits per heavy atom. The number of hydrogen-bond acceptors (Lipinski definition) is 7. The predicted molar refractivity (Wildman–Crippen MR) is 64.5 cm³/mol. The fraction of sp³-hybridized carbons (Fsp3) is 0.455. The minimum atomic E-state index is -1.28. The molecule has 0 saturated carbocycles. The van der Waals surface area contributed by atoms with Gasteiger partial charge in [0.1, 0.15) is 24.0 Å². The maximum absolute atomic E-state index is 10.8. The van der Waals surface area contributed by atoms with Crippen molar-refractivity contribution in [2.24, 2.45) is 0 Å². The monoisotopic (exact) mass is 270 g/mol. The van der Waals surface area contributed by atoms with Crippen molar-refractivity contribution >= 4 is 11.4 Å². The Hall–Kier alpha value is -1.74. The maximum atomic E-state index is 10.8. The number of hydrogen-bond donors (Lipinski definition) is 4. The van der Waals surface area contributed by atoms with Crippen LogP contribution in [0.2, 0.25) is 0 Å². The number of nitrogens with zero attached hydrogens (tertiary/aromatic N) is 1. The van der Waals surface area contributed by atoms with Crippen LogP contribution < -0.4 is 5.32 Å². The van der Waals surface area contributed by atoms with Crippen LogP contribution in [0.4, 0.5) is 11.4 Å². The number of ether oxygens (including phenoxy) is 1. The fourth-order valence-corrected chi connectivity index (χ4v) is 1.93. The van der Waals surface area contributed by atoms with Gasteiger partial charge in [-0.1, -0.05) is 12.1 Å². The van der Waals surface area contributed by atoms with Gasteiger partial charge in [-0.15, -0.1) is 0 Å². The van der Waals surface area contributed by atoms with E-state index in [-0.39, 0.29) is 11.4 Å². The van der Waals surface area contributed by atoms with Gasteiger partial charge in [0.2, 0.25) is 0 Å². The molecule has 0 bridgehead atoms. The maximum Gasteiger partial charge on any atom is 0.292 e. The Morgan fingerprint density at radius 2 is 2.00 bits per heavy atom. The lowest BCUT2D eigenvalue weighted by Crippen LogP contribution is -2.36. The Kier molecular flexibility index (Phi) is 3.96. The summed E-state index contributed by atoms with van der Waals surface area (Å²) in [5.74, 6) is 0. The largest absolute Gasteiger partial charge is 0.394 e. The first kappa shape index (κ1) is 13.7. The van der Waals surface area contributed by atoms with Crippen LogP contribution in [0.5, 0.6) is 0 Å².